The largest absolute Gasteiger partial charge is 0.338 e. The van der Waals surface area contributed by atoms with Gasteiger partial charge in [-0.05, 0) is 12.0 Å². The molecule has 1 amide bonds. The van der Waals surface area contributed by atoms with Gasteiger partial charge < -0.3 is 10.6 Å². The minimum atomic E-state index is -0.110. The van der Waals surface area contributed by atoms with Crippen LogP contribution in [0.25, 0.3) is 0 Å². The molecule has 1 aliphatic rings. The molecule has 0 saturated carbocycles. The van der Waals surface area contributed by atoms with Crippen molar-refractivity contribution in [3.8, 4) is 0 Å². The molecule has 1 aromatic rings. The summed E-state index contributed by atoms with van der Waals surface area (Å²) in [6.07, 6.45) is 0.774. The first-order chi connectivity index (χ1) is 8.25. The third-order valence-electron chi connectivity index (χ3n) is 2.87. The number of benzene rings is 1. The number of rotatable bonds is 3. The zero-order valence-electron chi connectivity index (χ0n) is 10.0. The lowest BCUT2D eigenvalue weighted by atomic mass is 10.0. The molecule has 4 nitrogen and oxygen atoms in total. The van der Waals surface area contributed by atoms with Gasteiger partial charge in [-0.25, -0.2) is 5.32 Å². The van der Waals surface area contributed by atoms with Gasteiger partial charge in [-0.3, -0.25) is 4.79 Å². The molecule has 1 radical (unpaired) electrons. The molecular weight excluding hydrogens is 214 g/mol. The number of nitrogens with one attached hydrogen (secondary N) is 2. The molecule has 0 aliphatic carbocycles. The summed E-state index contributed by atoms with van der Waals surface area (Å²) >= 11 is 0. The number of nitrogens with zero attached hydrogens (tertiary/aromatic N) is 1. The molecular formula is C13H18N3O. The molecule has 2 atom stereocenters. The number of piperazine rings is 1. The highest BCUT2D eigenvalue weighted by Gasteiger charge is 2.25. The molecule has 1 heterocycles. The zero-order valence-corrected chi connectivity index (χ0v) is 10.0. The Kier molecular flexibility index (Phi) is 4.12. The zero-order chi connectivity index (χ0) is 12.1. The van der Waals surface area contributed by atoms with E-state index in [2.05, 4.69) is 28.1 Å². The topological polar surface area (TPSA) is 55.2 Å². The standard InChI is InChI=1S/C13H18N3O/c1-10(17)16-13-12(14-7-8-15-13)9-11-5-3-2-4-6-11/h2-6,12-14H,7-9H2,1H3,(H,16,17). The maximum atomic E-state index is 11.1. The quantitative estimate of drug-likeness (QED) is 0.786. The van der Waals surface area contributed by atoms with Gasteiger partial charge >= 0.3 is 0 Å². The van der Waals surface area contributed by atoms with Crippen LogP contribution in [0.1, 0.15) is 12.5 Å². The fourth-order valence-corrected chi connectivity index (χ4v) is 2.10. The molecule has 0 aromatic heterocycles. The van der Waals surface area contributed by atoms with Gasteiger partial charge in [-0.2, -0.15) is 0 Å². The van der Waals surface area contributed by atoms with Crippen molar-refractivity contribution in [2.75, 3.05) is 13.1 Å². The second-order valence-corrected chi connectivity index (χ2v) is 4.30. The van der Waals surface area contributed by atoms with Crippen LogP contribution in [-0.2, 0) is 11.2 Å². The van der Waals surface area contributed by atoms with Crippen LogP contribution in [0.4, 0.5) is 0 Å². The maximum absolute atomic E-state index is 11.1. The Morgan fingerprint density at radius 2 is 2.24 bits per heavy atom. The number of carbonyl (C=O) groups excluding carboxylic acids is 1. The number of hydrogen-bond acceptors (Lipinski definition) is 2. The predicted octanol–water partition coefficient (Wildman–Crippen LogP) is 0.268. The summed E-state index contributed by atoms with van der Waals surface area (Å²) in [7, 11) is 0. The second-order valence-electron chi connectivity index (χ2n) is 4.30. The average Bonchev–Trinajstić information content (AvgIpc) is 2.32. The Hall–Kier alpha value is -1.39. The summed E-state index contributed by atoms with van der Waals surface area (Å²) in [5.41, 5.74) is 1.26. The summed E-state index contributed by atoms with van der Waals surface area (Å²) in [6, 6.07) is 10.5. The Bertz CT molecular complexity index is 366. The highest BCUT2D eigenvalue weighted by molar-refractivity contribution is 5.73. The van der Waals surface area contributed by atoms with Crippen LogP contribution in [0.5, 0.6) is 0 Å². The van der Waals surface area contributed by atoms with Gasteiger partial charge in [0.05, 0.1) is 0 Å². The Morgan fingerprint density at radius 3 is 2.94 bits per heavy atom. The van der Waals surface area contributed by atoms with E-state index < -0.39 is 0 Å². The SMILES string of the molecule is CC(=O)NC1[N]CCNC1Cc1ccccc1. The smallest absolute Gasteiger partial charge is 0.218 e. The van der Waals surface area contributed by atoms with E-state index in [4.69, 9.17) is 0 Å². The lowest BCUT2D eigenvalue weighted by Gasteiger charge is -2.32. The molecule has 1 aromatic carbocycles. The summed E-state index contributed by atoms with van der Waals surface area (Å²) in [5.74, 6) is -0.0273. The monoisotopic (exact) mass is 232 g/mol. The van der Waals surface area contributed by atoms with Gasteiger partial charge in [0.2, 0.25) is 5.91 Å². The van der Waals surface area contributed by atoms with E-state index in [0.717, 1.165) is 19.5 Å². The van der Waals surface area contributed by atoms with Crippen molar-refractivity contribution in [1.29, 1.82) is 0 Å². The molecule has 1 saturated heterocycles. The number of hydrogen-bond donors (Lipinski definition) is 2. The van der Waals surface area contributed by atoms with Crippen molar-refractivity contribution in [2.45, 2.75) is 25.6 Å². The maximum Gasteiger partial charge on any atom is 0.218 e. The normalized spacial score (nSPS) is 24.3. The van der Waals surface area contributed by atoms with Crippen LogP contribution in [0.15, 0.2) is 30.3 Å². The highest BCUT2D eigenvalue weighted by Crippen LogP contribution is 2.07. The molecule has 91 valence electrons. The summed E-state index contributed by atoms with van der Waals surface area (Å²) in [6.45, 7) is 3.17. The number of amides is 1. The fourth-order valence-electron chi connectivity index (χ4n) is 2.10. The number of carbonyl (C=O) groups is 1. The summed E-state index contributed by atoms with van der Waals surface area (Å²) in [4.78, 5) is 11.1. The van der Waals surface area contributed by atoms with Crippen LogP contribution < -0.4 is 16.0 Å². The van der Waals surface area contributed by atoms with Crippen molar-refractivity contribution in [3.63, 3.8) is 0 Å². The van der Waals surface area contributed by atoms with E-state index in [0.29, 0.717) is 0 Å². The first kappa shape index (κ1) is 12.1. The molecule has 2 rings (SSSR count). The van der Waals surface area contributed by atoms with Crippen molar-refractivity contribution in [3.05, 3.63) is 35.9 Å². The van der Waals surface area contributed by atoms with Crippen molar-refractivity contribution < 1.29 is 4.79 Å². The molecule has 1 aliphatic heterocycles. The lowest BCUT2D eigenvalue weighted by molar-refractivity contribution is -0.120. The molecule has 1 fully saturated rings. The van der Waals surface area contributed by atoms with Crippen LogP contribution in [0, 0.1) is 0 Å². The van der Waals surface area contributed by atoms with Crippen molar-refractivity contribution >= 4 is 5.91 Å². The van der Waals surface area contributed by atoms with Gasteiger partial charge in [-0.1, -0.05) is 30.3 Å². The van der Waals surface area contributed by atoms with Crippen LogP contribution in [0.3, 0.4) is 0 Å². The lowest BCUT2D eigenvalue weighted by Crippen LogP contribution is -2.60. The van der Waals surface area contributed by atoms with Crippen molar-refractivity contribution in [1.82, 2.24) is 16.0 Å². The Morgan fingerprint density at radius 1 is 1.47 bits per heavy atom. The van der Waals surface area contributed by atoms with E-state index in [9.17, 15) is 4.79 Å². The van der Waals surface area contributed by atoms with Crippen LogP contribution in [0.2, 0.25) is 0 Å². The van der Waals surface area contributed by atoms with Gasteiger partial charge in [0.15, 0.2) is 0 Å². The van der Waals surface area contributed by atoms with Gasteiger partial charge in [-0.15, -0.1) is 0 Å². The second kappa shape index (κ2) is 5.80. The van der Waals surface area contributed by atoms with Gasteiger partial charge in [0, 0.05) is 26.1 Å². The predicted molar refractivity (Wildman–Crippen MR) is 66.5 cm³/mol. The van der Waals surface area contributed by atoms with E-state index in [1.807, 2.05) is 18.2 Å². The molecule has 2 unspecified atom stereocenters. The first-order valence-electron chi connectivity index (χ1n) is 5.97. The van der Waals surface area contributed by atoms with Crippen LogP contribution in [-0.4, -0.2) is 31.2 Å². The molecule has 0 bridgehead atoms. The molecule has 2 N–H and O–H groups in total. The first-order valence-corrected chi connectivity index (χ1v) is 5.97. The summed E-state index contributed by atoms with van der Waals surface area (Å²) < 4.78 is 0. The van der Waals surface area contributed by atoms with Crippen molar-refractivity contribution in [2.24, 2.45) is 0 Å². The van der Waals surface area contributed by atoms with E-state index >= 15 is 0 Å². The fraction of sp³-hybridized carbons (Fsp3) is 0.462. The van der Waals surface area contributed by atoms with E-state index in [1.165, 1.54) is 12.5 Å². The van der Waals surface area contributed by atoms with Gasteiger partial charge in [0.25, 0.3) is 0 Å². The molecule has 17 heavy (non-hydrogen) atoms. The average molecular weight is 232 g/mol. The minimum absolute atomic E-state index is 0.0273. The third-order valence-corrected chi connectivity index (χ3v) is 2.87. The Balaban J connectivity index is 1.99. The molecule has 0 spiro atoms. The van der Waals surface area contributed by atoms with Crippen LogP contribution >= 0.6 is 0 Å². The van der Waals surface area contributed by atoms with E-state index in [-0.39, 0.29) is 18.1 Å². The molecule has 4 heteroatoms. The third kappa shape index (κ3) is 3.54. The highest BCUT2D eigenvalue weighted by atomic mass is 16.1. The van der Waals surface area contributed by atoms with Gasteiger partial charge in [0.1, 0.15) is 6.17 Å². The Labute approximate surface area is 102 Å². The van der Waals surface area contributed by atoms with E-state index in [1.54, 1.807) is 0 Å². The minimum Gasteiger partial charge on any atom is -0.338 e. The summed E-state index contributed by atoms with van der Waals surface area (Å²) in [5, 5.41) is 10.8.